The van der Waals surface area contributed by atoms with Crippen LogP contribution < -0.4 is 14.9 Å². The molecule has 7 nitrogen and oxygen atoms in total. The highest BCUT2D eigenvalue weighted by molar-refractivity contribution is 7.89. The normalized spacial score (nSPS) is 13.1. The maximum absolute atomic E-state index is 12.6. The Labute approximate surface area is 163 Å². The molecule has 0 aliphatic carbocycles. The molecule has 2 aromatic carbocycles. The van der Waals surface area contributed by atoms with Gasteiger partial charge in [0, 0.05) is 5.02 Å². The van der Waals surface area contributed by atoms with Crippen LogP contribution in [0.2, 0.25) is 5.02 Å². The first-order valence-electron chi connectivity index (χ1n) is 8.03. The molecule has 0 spiro atoms. The maximum atomic E-state index is 12.6. The van der Waals surface area contributed by atoms with E-state index < -0.39 is 27.4 Å². The van der Waals surface area contributed by atoms with Gasteiger partial charge in [-0.2, -0.15) is 4.72 Å². The topological polar surface area (TPSA) is 105 Å². The van der Waals surface area contributed by atoms with Crippen LogP contribution in [-0.2, 0) is 14.8 Å². The number of halogens is 1. The van der Waals surface area contributed by atoms with E-state index >= 15 is 0 Å². The summed E-state index contributed by atoms with van der Waals surface area (Å²) in [4.78, 5) is 11.8. The van der Waals surface area contributed by atoms with Crippen molar-refractivity contribution < 1.29 is 23.2 Å². The third kappa shape index (κ3) is 5.67. The Kier molecular flexibility index (Phi) is 6.48. The fraction of sp³-hybridized carbons (Fsp3) is 0.278. The first-order valence-corrected chi connectivity index (χ1v) is 9.89. The van der Waals surface area contributed by atoms with Crippen LogP contribution in [0.3, 0.4) is 0 Å². The third-order valence-corrected chi connectivity index (χ3v) is 5.39. The van der Waals surface area contributed by atoms with Crippen molar-refractivity contribution in [1.29, 1.82) is 0 Å². The van der Waals surface area contributed by atoms with Crippen molar-refractivity contribution in [3.05, 3.63) is 53.6 Å². The van der Waals surface area contributed by atoms with Crippen molar-refractivity contribution in [2.45, 2.75) is 31.7 Å². The summed E-state index contributed by atoms with van der Waals surface area (Å²) in [5.74, 6) is 0.158. The Morgan fingerprint density at radius 1 is 1.04 bits per heavy atom. The van der Waals surface area contributed by atoms with Gasteiger partial charge in [0.2, 0.25) is 10.0 Å². The van der Waals surface area contributed by atoms with Crippen molar-refractivity contribution in [3.8, 4) is 11.5 Å². The van der Waals surface area contributed by atoms with Gasteiger partial charge in [-0.25, -0.2) is 13.9 Å². The smallest absolute Gasteiger partial charge is 0.262 e. The molecular formula is C18H21ClN2O5S. The average Bonchev–Trinajstić information content (AvgIpc) is 2.60. The fourth-order valence-corrected chi connectivity index (χ4v) is 3.76. The van der Waals surface area contributed by atoms with Crippen molar-refractivity contribution in [3.63, 3.8) is 0 Å². The lowest BCUT2D eigenvalue weighted by Gasteiger charge is -2.29. The van der Waals surface area contributed by atoms with Crippen LogP contribution in [-0.4, -0.2) is 25.6 Å². The largest absolute Gasteiger partial charge is 0.457 e. The zero-order valence-corrected chi connectivity index (χ0v) is 16.6. The number of carbonyl (C=O) groups excluding carboxylic acids is 1. The van der Waals surface area contributed by atoms with Crippen molar-refractivity contribution in [2.24, 2.45) is 5.41 Å². The van der Waals surface area contributed by atoms with E-state index in [0.717, 1.165) is 0 Å². The average molecular weight is 413 g/mol. The number of ether oxygens (including phenoxy) is 1. The van der Waals surface area contributed by atoms with Gasteiger partial charge >= 0.3 is 0 Å². The zero-order valence-electron chi connectivity index (χ0n) is 15.1. The lowest BCUT2D eigenvalue weighted by molar-refractivity contribution is -0.133. The quantitative estimate of drug-likeness (QED) is 0.498. The fourth-order valence-electron chi connectivity index (χ4n) is 2.24. The minimum Gasteiger partial charge on any atom is -0.457 e. The summed E-state index contributed by atoms with van der Waals surface area (Å²) in [5, 5.41) is 9.45. The summed E-state index contributed by atoms with van der Waals surface area (Å²) in [6, 6.07) is 11.3. The van der Waals surface area contributed by atoms with Crippen LogP contribution in [0.5, 0.6) is 11.5 Å². The molecule has 0 unspecified atom stereocenters. The van der Waals surface area contributed by atoms with Gasteiger partial charge in [0.1, 0.15) is 17.5 Å². The summed E-state index contributed by atoms with van der Waals surface area (Å²) >= 11 is 5.82. The van der Waals surface area contributed by atoms with Gasteiger partial charge in [-0.05, 0) is 53.9 Å². The molecule has 9 heteroatoms. The van der Waals surface area contributed by atoms with E-state index in [-0.39, 0.29) is 4.90 Å². The molecule has 0 heterocycles. The second-order valence-electron chi connectivity index (χ2n) is 6.92. The molecule has 0 aliphatic rings. The van der Waals surface area contributed by atoms with Crippen molar-refractivity contribution in [2.75, 3.05) is 0 Å². The number of nitrogens with one attached hydrogen (secondary N) is 2. The highest BCUT2D eigenvalue weighted by Gasteiger charge is 2.35. The van der Waals surface area contributed by atoms with Crippen molar-refractivity contribution in [1.82, 2.24) is 10.2 Å². The minimum atomic E-state index is -3.99. The third-order valence-electron chi connectivity index (χ3n) is 3.69. The number of rotatable bonds is 6. The predicted octanol–water partition coefficient (Wildman–Crippen LogP) is 3.33. The number of sulfonamides is 1. The van der Waals surface area contributed by atoms with Crippen LogP contribution in [0.25, 0.3) is 0 Å². The molecule has 0 bridgehead atoms. The Balaban J connectivity index is 2.18. The highest BCUT2D eigenvalue weighted by Crippen LogP contribution is 2.25. The van der Waals surface area contributed by atoms with E-state index in [1.54, 1.807) is 45.0 Å². The molecule has 146 valence electrons. The number of hydroxylamine groups is 1. The Bertz CT molecular complexity index is 891. The SMILES string of the molecule is CC(C)(C)[C@H](NS(=O)(=O)c1ccc(Oc2ccc(Cl)cc2)cc1)C(=O)NO. The molecule has 1 atom stereocenters. The van der Waals surface area contributed by atoms with E-state index in [2.05, 4.69) is 4.72 Å². The van der Waals surface area contributed by atoms with Crippen molar-refractivity contribution >= 4 is 27.5 Å². The summed E-state index contributed by atoms with van der Waals surface area (Å²) in [6.45, 7) is 5.04. The standard InChI is InChI=1S/C18H21ClN2O5S/c1-18(2,3)16(17(22)20-23)21-27(24,25)15-10-8-14(9-11-15)26-13-6-4-12(19)5-7-13/h4-11,16,21,23H,1-3H3,(H,20,22)/t16-/m1/s1. The molecule has 0 fully saturated rings. The first kappa shape index (κ1) is 21.2. The van der Waals surface area contributed by atoms with E-state index in [0.29, 0.717) is 16.5 Å². The van der Waals surface area contributed by atoms with Gasteiger partial charge in [-0.1, -0.05) is 32.4 Å². The summed E-state index contributed by atoms with van der Waals surface area (Å²) in [5.41, 5.74) is 0.738. The zero-order chi connectivity index (χ0) is 20.2. The Hall–Kier alpha value is -2.13. The van der Waals surface area contributed by atoms with Gasteiger partial charge in [0.25, 0.3) is 5.91 Å². The van der Waals surface area contributed by atoms with Crippen LogP contribution in [0.15, 0.2) is 53.4 Å². The summed E-state index contributed by atoms with van der Waals surface area (Å²) in [6.07, 6.45) is 0. The number of hydrogen-bond donors (Lipinski definition) is 3. The van der Waals surface area contributed by atoms with E-state index in [9.17, 15) is 13.2 Å². The van der Waals surface area contributed by atoms with Gasteiger partial charge in [-0.15, -0.1) is 0 Å². The number of amides is 1. The van der Waals surface area contributed by atoms with Gasteiger partial charge < -0.3 is 4.74 Å². The van der Waals surface area contributed by atoms with Gasteiger partial charge in [0.05, 0.1) is 4.90 Å². The predicted molar refractivity (Wildman–Crippen MR) is 101 cm³/mol. The number of hydrogen-bond acceptors (Lipinski definition) is 5. The van der Waals surface area contributed by atoms with E-state index in [1.165, 1.54) is 29.7 Å². The lowest BCUT2D eigenvalue weighted by atomic mass is 9.87. The van der Waals surface area contributed by atoms with Crippen LogP contribution in [0, 0.1) is 5.41 Å². The molecule has 3 N–H and O–H groups in total. The Morgan fingerprint density at radius 3 is 1.96 bits per heavy atom. The highest BCUT2D eigenvalue weighted by atomic mass is 35.5. The van der Waals surface area contributed by atoms with E-state index in [4.69, 9.17) is 21.5 Å². The molecule has 0 saturated carbocycles. The van der Waals surface area contributed by atoms with Crippen LogP contribution in [0.1, 0.15) is 20.8 Å². The molecular weight excluding hydrogens is 392 g/mol. The molecule has 1 amide bonds. The molecule has 2 rings (SSSR count). The minimum absolute atomic E-state index is 0.0362. The summed E-state index contributed by atoms with van der Waals surface area (Å²) in [7, 11) is -3.99. The van der Waals surface area contributed by atoms with Gasteiger partial charge in [-0.3, -0.25) is 10.0 Å². The number of carbonyl (C=O) groups is 1. The maximum Gasteiger partial charge on any atom is 0.262 e. The first-order chi connectivity index (χ1) is 12.5. The molecule has 0 aliphatic heterocycles. The summed E-state index contributed by atoms with van der Waals surface area (Å²) < 4.78 is 33.1. The molecule has 0 aromatic heterocycles. The van der Waals surface area contributed by atoms with Crippen LogP contribution in [0.4, 0.5) is 0 Å². The molecule has 0 radical (unpaired) electrons. The molecule has 2 aromatic rings. The second-order valence-corrected chi connectivity index (χ2v) is 9.07. The second kappa shape index (κ2) is 8.26. The monoisotopic (exact) mass is 412 g/mol. The van der Waals surface area contributed by atoms with Gasteiger partial charge in [0.15, 0.2) is 0 Å². The van der Waals surface area contributed by atoms with Crippen LogP contribution >= 0.6 is 11.6 Å². The van der Waals surface area contributed by atoms with E-state index in [1.807, 2.05) is 0 Å². The molecule has 0 saturated heterocycles. The Morgan fingerprint density at radius 2 is 1.52 bits per heavy atom. The lowest BCUT2D eigenvalue weighted by Crippen LogP contribution is -2.52. The number of benzene rings is 2. The molecule has 27 heavy (non-hydrogen) atoms.